The Hall–Kier alpha value is -2.25. The lowest BCUT2D eigenvalue weighted by Gasteiger charge is -2.04. The van der Waals surface area contributed by atoms with Crippen molar-refractivity contribution >= 4 is 43.9 Å². The first kappa shape index (κ1) is 14.3. The number of nitrogens with one attached hydrogen (secondary N) is 1. The van der Waals surface area contributed by atoms with Gasteiger partial charge in [0.15, 0.2) is 4.96 Å². The summed E-state index contributed by atoms with van der Waals surface area (Å²) >= 11 is 2.94. The number of thiazole rings is 1. The highest BCUT2D eigenvalue weighted by Crippen LogP contribution is 2.28. The highest BCUT2D eigenvalue weighted by atomic mass is 32.1. The van der Waals surface area contributed by atoms with Gasteiger partial charge >= 0.3 is 0 Å². The van der Waals surface area contributed by atoms with Gasteiger partial charge in [-0.3, -0.25) is 9.20 Å². The summed E-state index contributed by atoms with van der Waals surface area (Å²) in [4.78, 5) is 19.1. The third kappa shape index (κ3) is 2.62. The Labute approximate surface area is 139 Å². The third-order valence-electron chi connectivity index (χ3n) is 3.60. The first-order valence-electron chi connectivity index (χ1n) is 7.09. The van der Waals surface area contributed by atoms with Gasteiger partial charge in [-0.25, -0.2) is 9.37 Å². The number of halogens is 1. The van der Waals surface area contributed by atoms with Gasteiger partial charge in [-0.15, -0.1) is 22.7 Å². The normalized spacial score (nSPS) is 11.3. The minimum absolute atomic E-state index is 0.145. The predicted octanol–water partition coefficient (Wildman–Crippen LogP) is 3.72. The molecule has 1 amide bonds. The zero-order valence-corrected chi connectivity index (χ0v) is 13.6. The van der Waals surface area contributed by atoms with Gasteiger partial charge < -0.3 is 5.32 Å². The molecule has 0 fully saturated rings. The first-order valence-corrected chi connectivity index (χ1v) is 8.79. The van der Waals surface area contributed by atoms with Gasteiger partial charge in [0, 0.05) is 18.1 Å². The van der Waals surface area contributed by atoms with Crippen molar-refractivity contribution in [3.63, 3.8) is 0 Å². The number of hydrogen-bond acceptors (Lipinski definition) is 4. The number of thiophene rings is 1. The van der Waals surface area contributed by atoms with Crippen LogP contribution in [-0.2, 0) is 6.42 Å². The standard InChI is InChI=1S/C16H12FN3OS2/c17-11-4-2-1-3-10(11)5-6-18-14(21)13-9-12-15(23-13)19-16-20(12)7-8-22-16/h1-4,7-9H,5-6H2,(H,18,21). The number of fused-ring (bicyclic) bond motifs is 3. The molecule has 0 atom stereocenters. The maximum absolute atomic E-state index is 13.5. The van der Waals surface area contributed by atoms with Gasteiger partial charge in [0.2, 0.25) is 0 Å². The second-order valence-corrected chi connectivity index (χ2v) is 6.97. The first-order chi connectivity index (χ1) is 11.2. The largest absolute Gasteiger partial charge is 0.351 e. The van der Waals surface area contributed by atoms with Crippen molar-refractivity contribution in [2.24, 2.45) is 0 Å². The Balaban J connectivity index is 1.46. The summed E-state index contributed by atoms with van der Waals surface area (Å²) in [5, 5.41) is 4.80. The van der Waals surface area contributed by atoms with E-state index in [0.29, 0.717) is 23.4 Å². The van der Waals surface area contributed by atoms with Crippen LogP contribution in [0.2, 0.25) is 0 Å². The number of hydrogen-bond donors (Lipinski definition) is 1. The number of carbonyl (C=O) groups is 1. The van der Waals surface area contributed by atoms with Crippen LogP contribution in [0.5, 0.6) is 0 Å². The fraction of sp³-hybridized carbons (Fsp3) is 0.125. The average molecular weight is 345 g/mol. The molecule has 7 heteroatoms. The lowest BCUT2D eigenvalue weighted by Crippen LogP contribution is -2.25. The van der Waals surface area contributed by atoms with Crippen LogP contribution in [0.25, 0.3) is 15.3 Å². The fourth-order valence-corrected chi connectivity index (χ4v) is 4.17. The summed E-state index contributed by atoms with van der Waals surface area (Å²) in [6, 6.07) is 8.46. The number of benzene rings is 1. The van der Waals surface area contributed by atoms with Gasteiger partial charge in [0.1, 0.15) is 10.6 Å². The van der Waals surface area contributed by atoms with E-state index in [1.54, 1.807) is 29.5 Å². The second kappa shape index (κ2) is 5.75. The summed E-state index contributed by atoms with van der Waals surface area (Å²) in [6.07, 6.45) is 2.42. The molecule has 0 saturated heterocycles. The van der Waals surface area contributed by atoms with Gasteiger partial charge in [-0.1, -0.05) is 18.2 Å². The molecule has 0 aliphatic carbocycles. The Morgan fingerprint density at radius 2 is 2.22 bits per heavy atom. The number of amides is 1. The number of nitrogens with zero attached hydrogens (tertiary/aromatic N) is 2. The van der Waals surface area contributed by atoms with Gasteiger partial charge in [0.05, 0.1) is 10.4 Å². The van der Waals surface area contributed by atoms with Crippen LogP contribution < -0.4 is 5.32 Å². The van der Waals surface area contributed by atoms with Crippen molar-refractivity contribution in [2.75, 3.05) is 6.54 Å². The number of aromatic nitrogens is 2. The van der Waals surface area contributed by atoms with Crippen LogP contribution in [0.4, 0.5) is 4.39 Å². The Bertz CT molecular complexity index is 1000. The lowest BCUT2D eigenvalue weighted by molar-refractivity contribution is 0.0958. The molecule has 4 rings (SSSR count). The van der Waals surface area contributed by atoms with Crippen LogP contribution in [0.3, 0.4) is 0 Å². The van der Waals surface area contributed by atoms with E-state index in [4.69, 9.17) is 0 Å². The van der Waals surface area contributed by atoms with Gasteiger partial charge in [-0.2, -0.15) is 0 Å². The van der Waals surface area contributed by atoms with Crippen molar-refractivity contribution in [1.29, 1.82) is 0 Å². The Kier molecular flexibility index (Phi) is 3.59. The second-order valence-electron chi connectivity index (χ2n) is 5.07. The van der Waals surface area contributed by atoms with Crippen LogP contribution in [0.1, 0.15) is 15.2 Å². The number of rotatable bonds is 4. The zero-order valence-electron chi connectivity index (χ0n) is 12.0. The van der Waals surface area contributed by atoms with Crippen molar-refractivity contribution in [3.05, 3.63) is 58.2 Å². The summed E-state index contributed by atoms with van der Waals surface area (Å²) in [7, 11) is 0. The van der Waals surface area contributed by atoms with Crippen molar-refractivity contribution in [3.8, 4) is 0 Å². The molecule has 1 aromatic carbocycles. The minimum Gasteiger partial charge on any atom is -0.351 e. The molecule has 0 aliphatic heterocycles. The van der Waals surface area contributed by atoms with E-state index < -0.39 is 0 Å². The molecule has 4 aromatic rings. The van der Waals surface area contributed by atoms with E-state index >= 15 is 0 Å². The molecule has 0 aliphatic rings. The van der Waals surface area contributed by atoms with E-state index in [-0.39, 0.29) is 11.7 Å². The molecule has 3 aromatic heterocycles. The van der Waals surface area contributed by atoms with Crippen LogP contribution >= 0.6 is 22.7 Å². The van der Waals surface area contributed by atoms with E-state index in [0.717, 1.165) is 15.3 Å². The number of imidazole rings is 1. The minimum atomic E-state index is -0.239. The molecule has 1 N–H and O–H groups in total. The quantitative estimate of drug-likeness (QED) is 0.613. The molecule has 23 heavy (non-hydrogen) atoms. The zero-order chi connectivity index (χ0) is 15.8. The molecule has 0 unspecified atom stereocenters. The molecule has 0 spiro atoms. The maximum Gasteiger partial charge on any atom is 0.261 e. The summed E-state index contributed by atoms with van der Waals surface area (Å²) in [5.74, 6) is -0.384. The van der Waals surface area contributed by atoms with Crippen LogP contribution in [0.15, 0.2) is 41.9 Å². The SMILES string of the molecule is O=C(NCCc1ccccc1F)c1cc2c(nc3sccn32)s1. The molecule has 0 saturated carbocycles. The summed E-state index contributed by atoms with van der Waals surface area (Å²) in [5.41, 5.74) is 1.56. The molecule has 0 radical (unpaired) electrons. The summed E-state index contributed by atoms with van der Waals surface area (Å²) < 4.78 is 15.5. The number of carbonyl (C=O) groups excluding carboxylic acids is 1. The summed E-state index contributed by atoms with van der Waals surface area (Å²) in [6.45, 7) is 0.399. The maximum atomic E-state index is 13.5. The Morgan fingerprint density at radius 1 is 1.35 bits per heavy atom. The molecular weight excluding hydrogens is 333 g/mol. The van der Waals surface area contributed by atoms with E-state index in [2.05, 4.69) is 10.3 Å². The average Bonchev–Trinajstić information content (AvgIpc) is 3.20. The Morgan fingerprint density at radius 3 is 3.09 bits per heavy atom. The topological polar surface area (TPSA) is 46.4 Å². The molecule has 3 heterocycles. The highest BCUT2D eigenvalue weighted by molar-refractivity contribution is 7.21. The van der Waals surface area contributed by atoms with E-state index in [9.17, 15) is 9.18 Å². The fourth-order valence-electron chi connectivity index (χ4n) is 2.46. The molecular formula is C16H12FN3OS2. The highest BCUT2D eigenvalue weighted by Gasteiger charge is 2.14. The molecule has 116 valence electrons. The molecule has 0 bridgehead atoms. The smallest absolute Gasteiger partial charge is 0.261 e. The monoisotopic (exact) mass is 345 g/mol. The van der Waals surface area contributed by atoms with Crippen LogP contribution in [0, 0.1) is 5.82 Å². The predicted molar refractivity (Wildman–Crippen MR) is 90.9 cm³/mol. The molecule has 4 nitrogen and oxygen atoms in total. The third-order valence-corrected chi connectivity index (χ3v) is 5.37. The van der Waals surface area contributed by atoms with Crippen molar-refractivity contribution in [1.82, 2.24) is 14.7 Å². The van der Waals surface area contributed by atoms with Gasteiger partial charge in [0.25, 0.3) is 5.91 Å². The van der Waals surface area contributed by atoms with Gasteiger partial charge in [-0.05, 0) is 24.1 Å². The lowest BCUT2D eigenvalue weighted by atomic mass is 10.1. The van der Waals surface area contributed by atoms with Crippen molar-refractivity contribution in [2.45, 2.75) is 6.42 Å². The van der Waals surface area contributed by atoms with E-state index in [1.807, 2.05) is 22.0 Å². The van der Waals surface area contributed by atoms with E-state index in [1.165, 1.54) is 17.4 Å². The van der Waals surface area contributed by atoms with Crippen molar-refractivity contribution < 1.29 is 9.18 Å². The van der Waals surface area contributed by atoms with Crippen LogP contribution in [-0.4, -0.2) is 21.8 Å².